The molecule has 34 heavy (non-hydrogen) atoms. The lowest BCUT2D eigenvalue weighted by Gasteiger charge is -2.38. The molecule has 2 unspecified atom stereocenters. The van der Waals surface area contributed by atoms with Crippen LogP contribution in [0.3, 0.4) is 0 Å². The van der Waals surface area contributed by atoms with Gasteiger partial charge in [-0.1, -0.05) is 27.3 Å². The molecule has 1 saturated heterocycles. The third-order valence-electron chi connectivity index (χ3n) is 6.59. The summed E-state index contributed by atoms with van der Waals surface area (Å²) in [5.41, 5.74) is 1.92. The van der Waals surface area contributed by atoms with Crippen molar-refractivity contribution in [2.45, 2.75) is 70.3 Å². The summed E-state index contributed by atoms with van der Waals surface area (Å²) in [6.07, 6.45) is 3.27. The molecule has 2 aliphatic rings. The number of rotatable bonds is 6. The number of halogens is 1. The first-order valence-electron chi connectivity index (χ1n) is 11.9. The third kappa shape index (κ3) is 5.68. The number of nitrogens with zero attached hydrogens (tertiary/aromatic N) is 4. The van der Waals surface area contributed by atoms with Gasteiger partial charge in [-0.2, -0.15) is 4.98 Å². The smallest absolute Gasteiger partial charge is 0.225 e. The average Bonchev–Trinajstić information content (AvgIpc) is 3.19. The van der Waals surface area contributed by atoms with Crippen molar-refractivity contribution < 1.29 is 9.84 Å². The van der Waals surface area contributed by atoms with Crippen LogP contribution in [0, 0.1) is 0 Å². The number of nitrogens with one attached hydrogen (secondary N) is 2. The van der Waals surface area contributed by atoms with Gasteiger partial charge < -0.3 is 20.5 Å². The number of morpholine rings is 1. The van der Waals surface area contributed by atoms with Gasteiger partial charge in [-0.3, -0.25) is 4.90 Å². The van der Waals surface area contributed by atoms with E-state index in [9.17, 15) is 5.11 Å². The molecule has 182 valence electrons. The first kappa shape index (κ1) is 23.9. The van der Waals surface area contributed by atoms with Crippen LogP contribution in [0.25, 0.3) is 10.2 Å². The SMILES string of the molecule is CC1COCC(C)N1Cc1cc(Nc2nc3ccc(Br)cc3s2)nc(NC2CCC(O)CC2)n1. The molecule has 1 aliphatic heterocycles. The lowest BCUT2D eigenvalue weighted by molar-refractivity contribution is -0.0414. The highest BCUT2D eigenvalue weighted by atomic mass is 79.9. The predicted molar refractivity (Wildman–Crippen MR) is 140 cm³/mol. The van der Waals surface area contributed by atoms with Gasteiger partial charge in [0.2, 0.25) is 5.95 Å². The van der Waals surface area contributed by atoms with Crippen LogP contribution in [-0.2, 0) is 11.3 Å². The van der Waals surface area contributed by atoms with E-state index in [4.69, 9.17) is 19.7 Å². The number of benzene rings is 1. The maximum atomic E-state index is 9.86. The fourth-order valence-corrected chi connectivity index (χ4v) is 6.13. The minimum Gasteiger partial charge on any atom is -0.393 e. The topological polar surface area (TPSA) is 95.4 Å². The van der Waals surface area contributed by atoms with Crippen molar-refractivity contribution in [3.8, 4) is 0 Å². The van der Waals surface area contributed by atoms with E-state index in [0.717, 1.165) is 76.8 Å². The van der Waals surface area contributed by atoms with E-state index in [1.54, 1.807) is 11.3 Å². The Morgan fingerprint density at radius 3 is 2.62 bits per heavy atom. The Balaban J connectivity index is 1.40. The first-order valence-corrected chi connectivity index (χ1v) is 13.5. The highest BCUT2D eigenvalue weighted by molar-refractivity contribution is 9.10. The first-order chi connectivity index (χ1) is 16.4. The van der Waals surface area contributed by atoms with E-state index in [1.165, 1.54) is 0 Å². The van der Waals surface area contributed by atoms with E-state index < -0.39 is 0 Å². The Labute approximate surface area is 212 Å². The van der Waals surface area contributed by atoms with Crippen LogP contribution in [-0.4, -0.2) is 62.4 Å². The molecule has 3 N–H and O–H groups in total. The van der Waals surface area contributed by atoms with Crippen molar-refractivity contribution in [2.24, 2.45) is 0 Å². The molecular weight excluding hydrogens is 516 g/mol. The number of anilines is 3. The summed E-state index contributed by atoms with van der Waals surface area (Å²) in [5, 5.41) is 17.6. The van der Waals surface area contributed by atoms with Crippen LogP contribution in [0.5, 0.6) is 0 Å². The van der Waals surface area contributed by atoms with E-state index in [0.29, 0.717) is 18.0 Å². The summed E-state index contributed by atoms with van der Waals surface area (Å²) in [6.45, 7) is 6.59. The summed E-state index contributed by atoms with van der Waals surface area (Å²) in [7, 11) is 0. The lowest BCUT2D eigenvalue weighted by atomic mass is 9.93. The summed E-state index contributed by atoms with van der Waals surface area (Å²) in [5.74, 6) is 1.36. The van der Waals surface area contributed by atoms with Gasteiger partial charge in [0.15, 0.2) is 5.13 Å². The number of aliphatic hydroxyl groups excluding tert-OH is 1. The van der Waals surface area contributed by atoms with Crippen LogP contribution in [0.4, 0.5) is 16.9 Å². The van der Waals surface area contributed by atoms with Gasteiger partial charge in [-0.05, 0) is 57.7 Å². The van der Waals surface area contributed by atoms with E-state index in [-0.39, 0.29) is 12.1 Å². The van der Waals surface area contributed by atoms with Crippen molar-refractivity contribution in [3.63, 3.8) is 0 Å². The predicted octanol–water partition coefficient (Wildman–Crippen LogP) is 4.92. The molecule has 2 aromatic heterocycles. The Kier molecular flexibility index (Phi) is 7.31. The van der Waals surface area contributed by atoms with Crippen molar-refractivity contribution >= 4 is 54.4 Å². The molecule has 3 heterocycles. The van der Waals surface area contributed by atoms with Gasteiger partial charge in [0.25, 0.3) is 0 Å². The maximum absolute atomic E-state index is 9.86. The van der Waals surface area contributed by atoms with Gasteiger partial charge in [0.1, 0.15) is 5.82 Å². The monoisotopic (exact) mass is 546 g/mol. The zero-order valence-electron chi connectivity index (χ0n) is 19.5. The minimum absolute atomic E-state index is 0.189. The molecule has 2 atom stereocenters. The minimum atomic E-state index is -0.189. The molecule has 0 spiro atoms. The molecule has 2 fully saturated rings. The number of aliphatic hydroxyl groups is 1. The highest BCUT2D eigenvalue weighted by Gasteiger charge is 2.26. The molecule has 1 saturated carbocycles. The molecule has 10 heteroatoms. The maximum Gasteiger partial charge on any atom is 0.225 e. The van der Waals surface area contributed by atoms with Crippen molar-refractivity contribution in [2.75, 3.05) is 23.8 Å². The van der Waals surface area contributed by atoms with Crippen LogP contribution in [0.2, 0.25) is 0 Å². The fraction of sp³-hybridized carbons (Fsp3) is 0.542. The van der Waals surface area contributed by atoms with Gasteiger partial charge in [-0.25, -0.2) is 9.97 Å². The van der Waals surface area contributed by atoms with Crippen LogP contribution in [0.15, 0.2) is 28.7 Å². The quantitative estimate of drug-likeness (QED) is 0.401. The fourth-order valence-electron chi connectivity index (χ4n) is 4.71. The number of fused-ring (bicyclic) bond motifs is 1. The third-order valence-corrected chi connectivity index (χ3v) is 8.02. The molecule has 1 aliphatic carbocycles. The number of ether oxygens (including phenoxy) is 1. The lowest BCUT2D eigenvalue weighted by Crippen LogP contribution is -2.49. The molecule has 3 aromatic rings. The molecule has 0 amide bonds. The van der Waals surface area contributed by atoms with Gasteiger partial charge in [-0.15, -0.1) is 0 Å². The average molecular weight is 548 g/mol. The summed E-state index contributed by atoms with van der Waals surface area (Å²) >= 11 is 5.14. The number of hydrogen-bond donors (Lipinski definition) is 3. The van der Waals surface area contributed by atoms with Gasteiger partial charge in [0.05, 0.1) is 35.2 Å². The summed E-state index contributed by atoms with van der Waals surface area (Å²) in [6, 6.07) is 9.04. The van der Waals surface area contributed by atoms with Crippen molar-refractivity contribution in [1.82, 2.24) is 19.9 Å². The van der Waals surface area contributed by atoms with Crippen molar-refractivity contribution in [1.29, 1.82) is 0 Å². The molecule has 1 aromatic carbocycles. The number of hydrogen-bond acceptors (Lipinski definition) is 9. The van der Waals surface area contributed by atoms with Crippen molar-refractivity contribution in [3.05, 3.63) is 34.4 Å². The Morgan fingerprint density at radius 1 is 1.09 bits per heavy atom. The van der Waals surface area contributed by atoms with Crippen LogP contribution in [0.1, 0.15) is 45.2 Å². The van der Waals surface area contributed by atoms with E-state index in [1.807, 2.05) is 18.2 Å². The molecule has 0 radical (unpaired) electrons. The Morgan fingerprint density at radius 2 is 1.85 bits per heavy atom. The molecular formula is C24H31BrN6O2S. The molecule has 5 rings (SSSR count). The summed E-state index contributed by atoms with van der Waals surface area (Å²) in [4.78, 5) is 16.8. The highest BCUT2D eigenvalue weighted by Crippen LogP contribution is 2.31. The zero-order chi connectivity index (χ0) is 23.7. The second-order valence-corrected chi connectivity index (χ2v) is 11.3. The summed E-state index contributed by atoms with van der Waals surface area (Å²) < 4.78 is 7.86. The standard InChI is InChI=1S/C24H31BrN6O2S/c1-14-12-33-13-15(2)31(14)11-18-10-22(29-23(27-18)26-17-4-6-19(32)7-5-17)30-24-28-20-8-3-16(25)9-21(20)34-24/h3,8-10,14-15,17,19,32H,4-7,11-13H2,1-2H3,(H2,26,27,28,29,30). The number of aromatic nitrogens is 3. The second-order valence-electron chi connectivity index (χ2n) is 9.38. The normalized spacial score (nSPS) is 26.0. The molecule has 0 bridgehead atoms. The Hall–Kier alpha value is -1.85. The van der Waals surface area contributed by atoms with Crippen LogP contribution >= 0.6 is 27.3 Å². The largest absolute Gasteiger partial charge is 0.393 e. The van der Waals surface area contributed by atoms with E-state index >= 15 is 0 Å². The second kappa shape index (κ2) is 10.4. The molecule has 8 nitrogen and oxygen atoms in total. The van der Waals surface area contributed by atoms with Gasteiger partial charge in [0, 0.05) is 35.2 Å². The Bertz CT molecular complexity index is 1130. The van der Waals surface area contributed by atoms with E-state index in [2.05, 4.69) is 51.4 Å². The van der Waals surface area contributed by atoms with Crippen LogP contribution < -0.4 is 10.6 Å². The number of thiazole rings is 1. The van der Waals surface area contributed by atoms with Gasteiger partial charge >= 0.3 is 0 Å². The zero-order valence-corrected chi connectivity index (χ0v) is 21.9.